The Morgan fingerprint density at radius 1 is 1.47 bits per heavy atom. The molecule has 1 aromatic carbocycles. The third-order valence-electron chi connectivity index (χ3n) is 2.51. The lowest BCUT2D eigenvalue weighted by Gasteiger charge is -2.06. The van der Waals surface area contributed by atoms with Gasteiger partial charge in [-0.3, -0.25) is 9.89 Å². The van der Waals surface area contributed by atoms with E-state index in [1.54, 1.807) is 18.2 Å². The van der Waals surface area contributed by atoms with Gasteiger partial charge in [0.25, 0.3) is 0 Å². The van der Waals surface area contributed by atoms with Crippen LogP contribution >= 0.6 is 12.2 Å². The summed E-state index contributed by atoms with van der Waals surface area (Å²) in [5, 5.41) is 18.6. The summed E-state index contributed by atoms with van der Waals surface area (Å²) in [5.74, 6) is 0.132. The average Bonchev–Trinajstić information content (AvgIpc) is 2.80. The molecular weight excluding hydrogens is 264 g/mol. The van der Waals surface area contributed by atoms with Gasteiger partial charge in [0.05, 0.1) is 18.2 Å². The molecule has 0 bridgehead atoms. The van der Waals surface area contributed by atoms with Gasteiger partial charge in [0, 0.05) is 5.56 Å². The van der Waals surface area contributed by atoms with Crippen molar-refractivity contribution in [3.05, 3.63) is 41.6 Å². The highest BCUT2D eigenvalue weighted by molar-refractivity contribution is 7.80. The summed E-state index contributed by atoms with van der Waals surface area (Å²) in [7, 11) is 0. The third kappa shape index (κ3) is 3.08. The number of amides is 1. The molecule has 2 aromatic rings. The molecule has 0 unspecified atom stereocenters. The summed E-state index contributed by atoms with van der Waals surface area (Å²) in [6, 6.07) is 6.64. The first-order valence-electron chi connectivity index (χ1n) is 5.48. The van der Waals surface area contributed by atoms with Gasteiger partial charge in [-0.2, -0.15) is 5.10 Å². The van der Waals surface area contributed by atoms with E-state index in [1.165, 1.54) is 12.3 Å². The molecule has 5 N–H and O–H groups in total. The van der Waals surface area contributed by atoms with E-state index in [1.807, 2.05) is 0 Å². The zero-order valence-electron chi connectivity index (χ0n) is 9.88. The van der Waals surface area contributed by atoms with Gasteiger partial charge in [0.2, 0.25) is 5.91 Å². The number of hydrogen-bond acceptors (Lipinski definition) is 4. The summed E-state index contributed by atoms with van der Waals surface area (Å²) in [4.78, 5) is 12.0. The molecule has 1 amide bonds. The minimum absolute atomic E-state index is 0.0441. The van der Waals surface area contributed by atoms with Crippen LogP contribution in [-0.2, 0) is 11.2 Å². The minimum atomic E-state index is -0.303. The van der Waals surface area contributed by atoms with E-state index >= 15 is 0 Å². The number of benzene rings is 1. The maximum Gasteiger partial charge on any atom is 0.230 e. The second-order valence-electron chi connectivity index (χ2n) is 3.88. The number of nitrogens with zero attached hydrogens (tertiary/aromatic N) is 1. The Morgan fingerprint density at radius 2 is 2.21 bits per heavy atom. The van der Waals surface area contributed by atoms with Crippen LogP contribution in [0, 0.1) is 0 Å². The monoisotopic (exact) mass is 276 g/mol. The Bertz CT molecular complexity index is 624. The SMILES string of the molecule is NC(=S)c1cn[nH]c1NC(=O)Cc1ccccc1O. The van der Waals surface area contributed by atoms with Crippen molar-refractivity contribution in [3.8, 4) is 5.75 Å². The molecule has 0 fully saturated rings. The number of thiocarbonyl (C=S) groups is 1. The molecule has 0 atom stereocenters. The van der Waals surface area contributed by atoms with Gasteiger partial charge in [-0.25, -0.2) is 0 Å². The first-order chi connectivity index (χ1) is 9.08. The highest BCUT2D eigenvalue weighted by Gasteiger charge is 2.12. The smallest absolute Gasteiger partial charge is 0.230 e. The van der Waals surface area contributed by atoms with Crippen molar-refractivity contribution in [2.24, 2.45) is 5.73 Å². The van der Waals surface area contributed by atoms with Crippen LogP contribution in [0.15, 0.2) is 30.5 Å². The fraction of sp³-hybridized carbons (Fsp3) is 0.0833. The lowest BCUT2D eigenvalue weighted by atomic mass is 10.1. The van der Waals surface area contributed by atoms with Crippen molar-refractivity contribution >= 4 is 28.9 Å². The van der Waals surface area contributed by atoms with E-state index in [0.717, 1.165) is 0 Å². The Morgan fingerprint density at radius 3 is 2.89 bits per heavy atom. The highest BCUT2D eigenvalue weighted by Crippen LogP contribution is 2.17. The molecular formula is C12H12N4O2S. The molecule has 6 nitrogen and oxygen atoms in total. The Labute approximate surface area is 114 Å². The fourth-order valence-electron chi connectivity index (χ4n) is 1.59. The predicted molar refractivity (Wildman–Crippen MR) is 74.9 cm³/mol. The summed E-state index contributed by atoms with van der Waals surface area (Å²) >= 11 is 4.83. The van der Waals surface area contributed by atoms with Crippen molar-refractivity contribution in [1.82, 2.24) is 10.2 Å². The quantitative estimate of drug-likeness (QED) is 0.622. The van der Waals surface area contributed by atoms with Gasteiger partial charge in [-0.1, -0.05) is 30.4 Å². The van der Waals surface area contributed by atoms with Crippen LogP contribution in [0.2, 0.25) is 0 Å². The van der Waals surface area contributed by atoms with Gasteiger partial charge in [-0.15, -0.1) is 0 Å². The highest BCUT2D eigenvalue weighted by atomic mass is 32.1. The Hall–Kier alpha value is -2.41. The summed E-state index contributed by atoms with van der Waals surface area (Å²) in [6.45, 7) is 0. The summed E-state index contributed by atoms with van der Waals surface area (Å²) in [5.41, 5.74) is 6.50. The average molecular weight is 276 g/mol. The number of para-hydroxylation sites is 1. The van der Waals surface area contributed by atoms with Crippen LogP contribution in [0.1, 0.15) is 11.1 Å². The van der Waals surface area contributed by atoms with Crippen molar-refractivity contribution in [3.63, 3.8) is 0 Å². The third-order valence-corrected chi connectivity index (χ3v) is 2.73. The number of anilines is 1. The van der Waals surface area contributed by atoms with Crippen LogP contribution in [0.3, 0.4) is 0 Å². The molecule has 0 aliphatic carbocycles. The van der Waals surface area contributed by atoms with Crippen LogP contribution in [0.25, 0.3) is 0 Å². The van der Waals surface area contributed by atoms with E-state index in [9.17, 15) is 9.90 Å². The van der Waals surface area contributed by atoms with Crippen LogP contribution in [-0.4, -0.2) is 26.2 Å². The first kappa shape index (κ1) is 13.0. The number of carbonyl (C=O) groups excluding carboxylic acids is 1. The molecule has 1 aromatic heterocycles. The number of H-pyrrole nitrogens is 1. The number of hydrogen-bond donors (Lipinski definition) is 4. The van der Waals surface area contributed by atoms with E-state index in [4.69, 9.17) is 18.0 Å². The molecule has 1 heterocycles. The van der Waals surface area contributed by atoms with E-state index < -0.39 is 0 Å². The summed E-state index contributed by atoms with van der Waals surface area (Å²) < 4.78 is 0. The standard InChI is InChI=1S/C12H12N4O2S/c13-11(19)8-6-14-16-12(8)15-10(18)5-7-3-1-2-4-9(7)17/h1-4,6,17H,5H2,(H2,13,19)(H2,14,15,16,18). The zero-order chi connectivity index (χ0) is 13.8. The van der Waals surface area contributed by atoms with Gasteiger partial charge in [0.1, 0.15) is 16.6 Å². The molecule has 98 valence electrons. The molecule has 0 radical (unpaired) electrons. The van der Waals surface area contributed by atoms with Gasteiger partial charge < -0.3 is 16.2 Å². The topological polar surface area (TPSA) is 104 Å². The van der Waals surface area contributed by atoms with E-state index in [-0.39, 0.29) is 23.1 Å². The van der Waals surface area contributed by atoms with E-state index in [2.05, 4.69) is 15.5 Å². The van der Waals surface area contributed by atoms with E-state index in [0.29, 0.717) is 16.9 Å². The molecule has 0 spiro atoms. The largest absolute Gasteiger partial charge is 0.508 e. The second kappa shape index (κ2) is 5.49. The van der Waals surface area contributed by atoms with Crippen molar-refractivity contribution < 1.29 is 9.90 Å². The number of aromatic hydroxyl groups is 1. The van der Waals surface area contributed by atoms with Gasteiger partial charge in [0.15, 0.2) is 0 Å². The Kier molecular flexibility index (Phi) is 3.76. The van der Waals surface area contributed by atoms with Crippen LogP contribution in [0.4, 0.5) is 5.82 Å². The van der Waals surface area contributed by atoms with Crippen molar-refractivity contribution in [2.75, 3.05) is 5.32 Å². The first-order valence-corrected chi connectivity index (χ1v) is 5.88. The zero-order valence-corrected chi connectivity index (χ0v) is 10.7. The normalized spacial score (nSPS) is 10.1. The van der Waals surface area contributed by atoms with Gasteiger partial charge in [-0.05, 0) is 6.07 Å². The molecule has 19 heavy (non-hydrogen) atoms. The summed E-state index contributed by atoms with van der Waals surface area (Å²) in [6.07, 6.45) is 1.49. The number of phenols is 1. The molecule has 0 aliphatic heterocycles. The maximum atomic E-state index is 11.9. The Balaban J connectivity index is 2.08. The number of nitrogens with two attached hydrogens (primary N) is 1. The number of nitrogens with one attached hydrogen (secondary N) is 2. The molecule has 7 heteroatoms. The predicted octanol–water partition coefficient (Wildman–Crippen LogP) is 0.931. The van der Waals surface area contributed by atoms with Crippen LogP contribution in [0.5, 0.6) is 5.75 Å². The number of carbonyl (C=O) groups is 1. The molecule has 0 saturated carbocycles. The molecule has 2 rings (SSSR count). The number of aromatic amines is 1. The number of phenolic OH excluding ortho intramolecular Hbond substituents is 1. The minimum Gasteiger partial charge on any atom is -0.508 e. The maximum absolute atomic E-state index is 11.9. The number of aromatic nitrogens is 2. The second-order valence-corrected chi connectivity index (χ2v) is 4.32. The fourth-order valence-corrected chi connectivity index (χ4v) is 1.74. The van der Waals surface area contributed by atoms with Gasteiger partial charge >= 0.3 is 0 Å². The lowest BCUT2D eigenvalue weighted by molar-refractivity contribution is -0.115. The van der Waals surface area contributed by atoms with Crippen LogP contribution < -0.4 is 11.1 Å². The molecule has 0 aliphatic rings. The lowest BCUT2D eigenvalue weighted by Crippen LogP contribution is -2.18. The van der Waals surface area contributed by atoms with Crippen molar-refractivity contribution in [1.29, 1.82) is 0 Å². The van der Waals surface area contributed by atoms with Crippen molar-refractivity contribution in [2.45, 2.75) is 6.42 Å². The molecule has 0 saturated heterocycles. The number of rotatable bonds is 4.